The van der Waals surface area contributed by atoms with Gasteiger partial charge < -0.3 is 9.89 Å². The van der Waals surface area contributed by atoms with Crippen molar-refractivity contribution in [3.05, 3.63) is 60.7 Å². The maximum Gasteiger partial charge on any atom is 3.00 e. The molecule has 0 saturated heterocycles. The number of hydrogen-bond acceptors (Lipinski definition) is 1. The van der Waals surface area contributed by atoms with Crippen LogP contribution in [0.5, 0.6) is 0 Å². The maximum atomic E-state index is 4.16. The van der Waals surface area contributed by atoms with Crippen molar-refractivity contribution >= 4 is 6.34 Å². The summed E-state index contributed by atoms with van der Waals surface area (Å²) in [7, 11) is 0. The molecule has 0 aliphatic heterocycles. The summed E-state index contributed by atoms with van der Waals surface area (Å²) < 4.78 is 0. The first kappa shape index (κ1) is 23.5. The van der Waals surface area contributed by atoms with Crippen molar-refractivity contribution in [3.8, 4) is 0 Å². The van der Waals surface area contributed by atoms with Gasteiger partial charge in [-0.15, -0.1) is 0 Å². The van der Waals surface area contributed by atoms with E-state index in [2.05, 4.69) is 37.0 Å². The molecule has 0 spiro atoms. The van der Waals surface area contributed by atoms with Gasteiger partial charge in [0, 0.05) is 6.54 Å². The van der Waals surface area contributed by atoms with Gasteiger partial charge >= 0.3 is 32.7 Å². The largest absolute Gasteiger partial charge is 3.00 e. The van der Waals surface area contributed by atoms with Crippen LogP contribution in [0.15, 0.2) is 65.7 Å². The van der Waals surface area contributed by atoms with Gasteiger partial charge in [0.15, 0.2) is 0 Å². The molecular formula is C19H29N2Y. The molecule has 0 N–H and O–H groups in total. The molecule has 0 aromatic heterocycles. The van der Waals surface area contributed by atoms with Crippen LogP contribution in [-0.4, -0.2) is 30.9 Å². The molecule has 118 valence electrons. The fourth-order valence-corrected chi connectivity index (χ4v) is 1.45. The maximum absolute atomic E-state index is 4.16. The van der Waals surface area contributed by atoms with Crippen molar-refractivity contribution < 1.29 is 32.7 Å². The Hall–Kier alpha value is -0.726. The standard InChI is InChI=1S/C9H19N2.2C5H5.Y/c1-4-7-10-9-11(6-3)8-5-2;2*1-2-4-5-3-1;/h4-8H2,1-3H3;2*1-5H;/q3*-1;+3. The summed E-state index contributed by atoms with van der Waals surface area (Å²) in [6, 6.07) is 20.0. The van der Waals surface area contributed by atoms with E-state index in [0.717, 1.165) is 26.1 Å². The third-order valence-electron chi connectivity index (χ3n) is 2.53. The minimum atomic E-state index is 0. The van der Waals surface area contributed by atoms with E-state index in [9.17, 15) is 0 Å². The van der Waals surface area contributed by atoms with Crippen LogP contribution in [0.4, 0.5) is 0 Å². The molecule has 2 aromatic carbocycles. The van der Waals surface area contributed by atoms with Crippen molar-refractivity contribution in [2.24, 2.45) is 4.99 Å². The molecule has 0 aliphatic carbocycles. The third-order valence-corrected chi connectivity index (χ3v) is 2.53. The first-order chi connectivity index (χ1) is 10.3. The molecule has 0 radical (unpaired) electrons. The third kappa shape index (κ3) is 17.3. The van der Waals surface area contributed by atoms with Gasteiger partial charge in [-0.2, -0.15) is 36.4 Å². The Kier molecular flexibility index (Phi) is 21.7. The first-order valence-electron chi connectivity index (χ1n) is 7.85. The predicted molar refractivity (Wildman–Crippen MR) is 94.2 cm³/mol. The van der Waals surface area contributed by atoms with Crippen molar-refractivity contribution in [1.29, 1.82) is 0 Å². The summed E-state index contributed by atoms with van der Waals surface area (Å²) >= 11 is 0. The molecule has 0 aliphatic rings. The molecule has 0 heterocycles. The van der Waals surface area contributed by atoms with E-state index < -0.39 is 0 Å². The Morgan fingerprint density at radius 2 is 1.36 bits per heavy atom. The molecule has 22 heavy (non-hydrogen) atoms. The smallest absolute Gasteiger partial charge is 0.538 e. The van der Waals surface area contributed by atoms with Crippen LogP contribution in [-0.2, 0) is 32.7 Å². The van der Waals surface area contributed by atoms with E-state index >= 15 is 0 Å². The Morgan fingerprint density at radius 3 is 1.64 bits per heavy atom. The van der Waals surface area contributed by atoms with E-state index in [1.807, 2.05) is 60.7 Å². The molecular weight excluding hydrogens is 345 g/mol. The molecule has 2 nitrogen and oxygen atoms in total. The van der Waals surface area contributed by atoms with Crippen molar-refractivity contribution in [3.63, 3.8) is 0 Å². The molecule has 2 aromatic rings. The van der Waals surface area contributed by atoms with Crippen LogP contribution in [0.2, 0.25) is 0 Å². The van der Waals surface area contributed by atoms with Gasteiger partial charge in [-0.3, -0.25) is 6.34 Å². The monoisotopic (exact) mass is 374 g/mol. The summed E-state index contributed by atoms with van der Waals surface area (Å²) in [5, 5.41) is 0. The zero-order valence-corrected chi connectivity index (χ0v) is 17.1. The molecule has 0 atom stereocenters. The quantitative estimate of drug-likeness (QED) is 0.306. The van der Waals surface area contributed by atoms with Gasteiger partial charge in [0.2, 0.25) is 0 Å². The van der Waals surface area contributed by atoms with Crippen molar-refractivity contribution in [2.75, 3.05) is 19.6 Å². The second-order valence-corrected chi connectivity index (χ2v) is 4.49. The van der Waals surface area contributed by atoms with Gasteiger partial charge in [-0.05, 0) is 25.9 Å². The summed E-state index contributed by atoms with van der Waals surface area (Å²) in [4.78, 5) is 6.28. The van der Waals surface area contributed by atoms with E-state index in [4.69, 9.17) is 0 Å². The fourth-order valence-electron chi connectivity index (χ4n) is 1.45. The minimum Gasteiger partial charge on any atom is -0.538 e. The summed E-state index contributed by atoms with van der Waals surface area (Å²) in [6.07, 6.45) is 5.31. The number of hydrogen-bond donors (Lipinski definition) is 0. The molecule has 3 heteroatoms. The Bertz CT molecular complexity index is 319. The number of rotatable bonds is 6. The van der Waals surface area contributed by atoms with Gasteiger partial charge in [-0.25, -0.2) is 24.3 Å². The Balaban J connectivity index is 0. The van der Waals surface area contributed by atoms with E-state index in [-0.39, 0.29) is 32.7 Å². The summed E-state index contributed by atoms with van der Waals surface area (Å²) in [6.45, 7) is 9.42. The molecule has 0 saturated carbocycles. The summed E-state index contributed by atoms with van der Waals surface area (Å²) in [5.41, 5.74) is 0. The zero-order chi connectivity index (χ0) is 15.6. The minimum absolute atomic E-state index is 0. The van der Waals surface area contributed by atoms with Gasteiger partial charge in [-0.1, -0.05) is 20.8 Å². The van der Waals surface area contributed by atoms with Crippen LogP contribution in [0, 0.1) is 0 Å². The van der Waals surface area contributed by atoms with Crippen LogP contribution in [0.25, 0.3) is 0 Å². The first-order valence-corrected chi connectivity index (χ1v) is 7.85. The van der Waals surface area contributed by atoms with Crippen LogP contribution in [0.1, 0.15) is 33.6 Å². The van der Waals surface area contributed by atoms with E-state index in [1.54, 1.807) is 0 Å². The second kappa shape index (κ2) is 20.3. The van der Waals surface area contributed by atoms with E-state index in [0.29, 0.717) is 0 Å². The van der Waals surface area contributed by atoms with Crippen LogP contribution < -0.4 is 0 Å². The van der Waals surface area contributed by atoms with Crippen LogP contribution in [0.3, 0.4) is 0 Å². The molecule has 2 rings (SSSR count). The Morgan fingerprint density at radius 1 is 0.864 bits per heavy atom. The van der Waals surface area contributed by atoms with E-state index in [1.165, 1.54) is 6.42 Å². The molecule has 0 unspecified atom stereocenters. The van der Waals surface area contributed by atoms with Gasteiger partial charge in [0.1, 0.15) is 0 Å². The average Bonchev–Trinajstić information content (AvgIpc) is 3.23. The average molecular weight is 374 g/mol. The van der Waals surface area contributed by atoms with Gasteiger partial charge in [0.25, 0.3) is 0 Å². The number of aliphatic imine (C=N–C) groups is 1. The second-order valence-electron chi connectivity index (χ2n) is 4.49. The zero-order valence-electron chi connectivity index (χ0n) is 14.3. The predicted octanol–water partition coefficient (Wildman–Crippen LogP) is 4.84. The normalized spacial score (nSPS) is 9.05. The van der Waals surface area contributed by atoms with Gasteiger partial charge in [0.05, 0.1) is 0 Å². The topological polar surface area (TPSA) is 15.6 Å². The van der Waals surface area contributed by atoms with Crippen molar-refractivity contribution in [2.45, 2.75) is 33.6 Å². The Labute approximate surface area is 162 Å². The van der Waals surface area contributed by atoms with Crippen LogP contribution >= 0.6 is 0 Å². The number of nitrogens with zero attached hydrogens (tertiary/aromatic N) is 2. The molecule has 0 bridgehead atoms. The molecule has 0 amide bonds. The fraction of sp³-hybridized carbons (Fsp3) is 0.421. The summed E-state index contributed by atoms with van der Waals surface area (Å²) in [5.74, 6) is 0. The molecule has 0 fully saturated rings. The SMILES string of the molecule is CCCN=[C-]N(CC)CCC.[Y+3].c1cc[cH-]c1.c1cc[cH-]c1. The van der Waals surface area contributed by atoms with Crippen molar-refractivity contribution in [1.82, 2.24) is 4.90 Å².